The monoisotopic (exact) mass is 241 g/mol. The summed E-state index contributed by atoms with van der Waals surface area (Å²) in [5.41, 5.74) is 0. The molecule has 2 rings (SSSR count). The molecule has 1 unspecified atom stereocenters. The van der Waals surface area contributed by atoms with Gasteiger partial charge in [-0.2, -0.15) is 0 Å². The first-order chi connectivity index (χ1) is 8.31. The number of esters is 1. The summed E-state index contributed by atoms with van der Waals surface area (Å²) in [6, 6.07) is 0.369. The third-order valence-electron chi connectivity index (χ3n) is 3.96. The van der Waals surface area contributed by atoms with E-state index < -0.39 is 0 Å². The number of methoxy groups -OCH3 is 1. The van der Waals surface area contributed by atoms with Gasteiger partial charge in [0.05, 0.1) is 7.11 Å². The number of rotatable bonds is 4. The topological polar surface area (TPSA) is 47.6 Å². The summed E-state index contributed by atoms with van der Waals surface area (Å²) in [5, 5.41) is 3.51. The van der Waals surface area contributed by atoms with Crippen molar-refractivity contribution in [2.75, 3.05) is 20.3 Å². The summed E-state index contributed by atoms with van der Waals surface area (Å²) >= 11 is 0. The molecule has 0 aromatic rings. The summed E-state index contributed by atoms with van der Waals surface area (Å²) in [6.45, 7) is 1.54. The number of hydrogen-bond donors (Lipinski definition) is 1. The first-order valence-electron chi connectivity index (χ1n) is 6.73. The Kier molecular flexibility index (Phi) is 4.80. The Morgan fingerprint density at radius 3 is 2.47 bits per heavy atom. The maximum Gasteiger partial charge on any atom is 0.323 e. The molecule has 2 fully saturated rings. The lowest BCUT2D eigenvalue weighted by molar-refractivity contribution is -0.146. The molecule has 1 saturated carbocycles. The van der Waals surface area contributed by atoms with E-state index >= 15 is 0 Å². The van der Waals surface area contributed by atoms with Crippen LogP contribution in [0.5, 0.6) is 0 Å². The van der Waals surface area contributed by atoms with Crippen LogP contribution in [0.2, 0.25) is 0 Å². The lowest BCUT2D eigenvalue weighted by atomic mass is 9.91. The van der Waals surface area contributed by atoms with Gasteiger partial charge in [-0.25, -0.2) is 0 Å². The number of carbonyl (C=O) groups is 1. The molecular formula is C13H23NO3. The molecule has 1 atom stereocenters. The SMILES string of the molecule is COC(=O)C(NC1CCCC1)C1CCOCC1. The van der Waals surface area contributed by atoms with E-state index in [0.29, 0.717) is 12.0 Å². The summed E-state index contributed by atoms with van der Waals surface area (Å²) < 4.78 is 10.3. The third kappa shape index (κ3) is 3.42. The lowest BCUT2D eigenvalue weighted by Gasteiger charge is -2.31. The Labute approximate surface area is 103 Å². The summed E-state index contributed by atoms with van der Waals surface area (Å²) in [5.74, 6) is 0.264. The van der Waals surface area contributed by atoms with Gasteiger partial charge in [0.2, 0.25) is 0 Å². The van der Waals surface area contributed by atoms with Gasteiger partial charge in [-0.3, -0.25) is 4.79 Å². The van der Waals surface area contributed by atoms with Crippen LogP contribution >= 0.6 is 0 Å². The van der Waals surface area contributed by atoms with Crippen LogP contribution in [0.4, 0.5) is 0 Å². The number of ether oxygens (including phenoxy) is 2. The fourth-order valence-corrected chi connectivity index (χ4v) is 2.92. The maximum absolute atomic E-state index is 11.9. The van der Waals surface area contributed by atoms with Crippen LogP contribution in [0.1, 0.15) is 38.5 Å². The van der Waals surface area contributed by atoms with Crippen molar-refractivity contribution in [2.24, 2.45) is 5.92 Å². The Morgan fingerprint density at radius 1 is 1.24 bits per heavy atom. The second kappa shape index (κ2) is 6.36. The fourth-order valence-electron chi connectivity index (χ4n) is 2.92. The molecule has 1 aliphatic heterocycles. The van der Waals surface area contributed by atoms with E-state index in [1.54, 1.807) is 0 Å². The van der Waals surface area contributed by atoms with E-state index in [0.717, 1.165) is 26.1 Å². The summed E-state index contributed by atoms with van der Waals surface area (Å²) in [6.07, 6.45) is 6.85. The Bertz CT molecular complexity index is 245. The van der Waals surface area contributed by atoms with Crippen molar-refractivity contribution >= 4 is 5.97 Å². The number of carbonyl (C=O) groups excluding carboxylic acids is 1. The van der Waals surface area contributed by atoms with Gasteiger partial charge in [-0.05, 0) is 31.6 Å². The van der Waals surface area contributed by atoms with Crippen LogP contribution in [0.15, 0.2) is 0 Å². The number of nitrogens with one attached hydrogen (secondary N) is 1. The van der Waals surface area contributed by atoms with Gasteiger partial charge in [0.25, 0.3) is 0 Å². The van der Waals surface area contributed by atoms with E-state index in [1.807, 2.05) is 0 Å². The number of hydrogen-bond acceptors (Lipinski definition) is 4. The molecule has 1 heterocycles. The molecule has 0 bridgehead atoms. The molecule has 0 amide bonds. The molecule has 1 saturated heterocycles. The summed E-state index contributed by atoms with van der Waals surface area (Å²) in [4.78, 5) is 11.9. The Morgan fingerprint density at radius 2 is 1.88 bits per heavy atom. The molecule has 0 aromatic carbocycles. The highest BCUT2D eigenvalue weighted by Gasteiger charge is 2.32. The van der Waals surface area contributed by atoms with E-state index in [-0.39, 0.29) is 12.0 Å². The first kappa shape index (κ1) is 12.8. The molecule has 0 aromatic heterocycles. The third-order valence-corrected chi connectivity index (χ3v) is 3.96. The van der Waals surface area contributed by atoms with Crippen molar-refractivity contribution in [3.63, 3.8) is 0 Å². The zero-order valence-corrected chi connectivity index (χ0v) is 10.6. The average molecular weight is 241 g/mol. The second-order valence-electron chi connectivity index (χ2n) is 5.10. The minimum absolute atomic E-state index is 0.108. The predicted molar refractivity (Wildman–Crippen MR) is 64.7 cm³/mol. The van der Waals surface area contributed by atoms with Crippen molar-refractivity contribution < 1.29 is 14.3 Å². The van der Waals surface area contributed by atoms with Gasteiger partial charge in [0.1, 0.15) is 6.04 Å². The van der Waals surface area contributed by atoms with E-state index in [1.165, 1.54) is 32.8 Å². The van der Waals surface area contributed by atoms with E-state index in [2.05, 4.69) is 5.32 Å². The molecular weight excluding hydrogens is 218 g/mol. The van der Waals surface area contributed by atoms with Gasteiger partial charge in [0.15, 0.2) is 0 Å². The van der Waals surface area contributed by atoms with Gasteiger partial charge >= 0.3 is 5.97 Å². The van der Waals surface area contributed by atoms with Crippen LogP contribution in [-0.2, 0) is 14.3 Å². The zero-order valence-electron chi connectivity index (χ0n) is 10.6. The smallest absolute Gasteiger partial charge is 0.323 e. The zero-order chi connectivity index (χ0) is 12.1. The first-order valence-corrected chi connectivity index (χ1v) is 6.73. The van der Waals surface area contributed by atoms with Crippen LogP contribution in [-0.4, -0.2) is 38.4 Å². The fraction of sp³-hybridized carbons (Fsp3) is 0.923. The quantitative estimate of drug-likeness (QED) is 0.757. The van der Waals surface area contributed by atoms with Crippen molar-refractivity contribution in [2.45, 2.75) is 50.6 Å². The molecule has 0 spiro atoms. The molecule has 0 radical (unpaired) electrons. The van der Waals surface area contributed by atoms with Crippen LogP contribution in [0.25, 0.3) is 0 Å². The van der Waals surface area contributed by atoms with Gasteiger partial charge < -0.3 is 14.8 Å². The minimum atomic E-state index is -0.132. The van der Waals surface area contributed by atoms with Crippen molar-refractivity contribution in [3.05, 3.63) is 0 Å². The highest BCUT2D eigenvalue weighted by molar-refractivity contribution is 5.76. The second-order valence-corrected chi connectivity index (χ2v) is 5.10. The van der Waals surface area contributed by atoms with Crippen molar-refractivity contribution in [3.8, 4) is 0 Å². The molecule has 4 heteroatoms. The van der Waals surface area contributed by atoms with E-state index in [4.69, 9.17) is 9.47 Å². The molecule has 17 heavy (non-hydrogen) atoms. The Balaban J connectivity index is 1.93. The van der Waals surface area contributed by atoms with Gasteiger partial charge in [-0.1, -0.05) is 12.8 Å². The largest absolute Gasteiger partial charge is 0.468 e. The molecule has 2 aliphatic rings. The van der Waals surface area contributed by atoms with Crippen LogP contribution in [0.3, 0.4) is 0 Å². The van der Waals surface area contributed by atoms with E-state index in [9.17, 15) is 4.79 Å². The Hall–Kier alpha value is -0.610. The molecule has 98 valence electrons. The van der Waals surface area contributed by atoms with Crippen LogP contribution in [0, 0.1) is 5.92 Å². The highest BCUT2D eigenvalue weighted by atomic mass is 16.5. The highest BCUT2D eigenvalue weighted by Crippen LogP contribution is 2.24. The average Bonchev–Trinajstić information content (AvgIpc) is 2.89. The summed E-state index contributed by atoms with van der Waals surface area (Å²) in [7, 11) is 1.48. The predicted octanol–water partition coefficient (Wildman–Crippen LogP) is 1.49. The normalized spacial score (nSPS) is 24.8. The lowest BCUT2D eigenvalue weighted by Crippen LogP contribution is -2.49. The van der Waals surface area contributed by atoms with Crippen molar-refractivity contribution in [1.82, 2.24) is 5.32 Å². The molecule has 1 aliphatic carbocycles. The maximum atomic E-state index is 11.9. The minimum Gasteiger partial charge on any atom is -0.468 e. The standard InChI is InChI=1S/C13H23NO3/c1-16-13(15)12(10-6-8-17-9-7-10)14-11-4-2-3-5-11/h10-12,14H,2-9H2,1H3. The van der Waals surface area contributed by atoms with Gasteiger partial charge in [0, 0.05) is 19.3 Å². The van der Waals surface area contributed by atoms with Crippen LogP contribution < -0.4 is 5.32 Å². The van der Waals surface area contributed by atoms with Crippen molar-refractivity contribution in [1.29, 1.82) is 0 Å². The molecule has 1 N–H and O–H groups in total. The molecule has 4 nitrogen and oxygen atoms in total. The van der Waals surface area contributed by atoms with Gasteiger partial charge in [-0.15, -0.1) is 0 Å².